The Morgan fingerprint density at radius 2 is 1.68 bits per heavy atom. The lowest BCUT2D eigenvalue weighted by molar-refractivity contribution is -0.140. The molecule has 0 saturated heterocycles. The number of allylic oxidation sites excluding steroid dienone is 2. The van der Waals surface area contributed by atoms with Crippen molar-refractivity contribution in [2.45, 2.75) is 59.5 Å². The van der Waals surface area contributed by atoms with Crippen molar-refractivity contribution < 1.29 is 24.6 Å². The van der Waals surface area contributed by atoms with E-state index in [2.05, 4.69) is 0 Å². The summed E-state index contributed by atoms with van der Waals surface area (Å²) >= 11 is 0. The molecule has 0 aromatic carbocycles. The van der Waals surface area contributed by atoms with E-state index in [1.807, 2.05) is 20.8 Å². The lowest BCUT2D eigenvalue weighted by Crippen LogP contribution is -2.53. The zero-order chi connectivity index (χ0) is 18.9. The van der Waals surface area contributed by atoms with Gasteiger partial charge >= 0.3 is 0 Å². The van der Waals surface area contributed by atoms with Crippen LogP contribution in [0.2, 0.25) is 0 Å². The number of Topliss-reactive ketones (excluding diaryl/α,β-unsaturated/α-hetero) is 2. The highest BCUT2D eigenvalue weighted by molar-refractivity contribution is 6.51. The number of aliphatic hydroxyl groups is 2. The van der Waals surface area contributed by atoms with Crippen molar-refractivity contribution in [2.75, 3.05) is 0 Å². The minimum absolute atomic E-state index is 0.0101. The number of aldehydes is 1. The standard InChI is InChI=1S/C20H26O5/c1-10(2)11-14(22)13-12(16(24)15(11)23)19(5)8-6-7-18(3,4)17(19)20(13,25)9-21/h9-10,17,22,25H,6-8H2,1-5H3/t17-,19+,20-/m0/s1. The van der Waals surface area contributed by atoms with E-state index < -0.39 is 33.9 Å². The lowest BCUT2D eigenvalue weighted by atomic mass is 9.53. The van der Waals surface area contributed by atoms with E-state index in [-0.39, 0.29) is 28.4 Å². The van der Waals surface area contributed by atoms with Gasteiger partial charge in [-0.2, -0.15) is 0 Å². The van der Waals surface area contributed by atoms with Crippen molar-refractivity contribution in [3.63, 3.8) is 0 Å². The van der Waals surface area contributed by atoms with E-state index in [0.717, 1.165) is 12.8 Å². The molecule has 5 heteroatoms. The van der Waals surface area contributed by atoms with Gasteiger partial charge in [0.1, 0.15) is 5.76 Å². The maximum atomic E-state index is 13.0. The topological polar surface area (TPSA) is 91.7 Å². The highest BCUT2D eigenvalue weighted by atomic mass is 16.3. The van der Waals surface area contributed by atoms with Crippen LogP contribution in [0.1, 0.15) is 53.9 Å². The third kappa shape index (κ3) is 2.02. The third-order valence-electron chi connectivity index (χ3n) is 6.52. The first kappa shape index (κ1) is 18.1. The van der Waals surface area contributed by atoms with Crippen LogP contribution < -0.4 is 0 Å². The maximum Gasteiger partial charge on any atom is 0.233 e. The second kappa shape index (κ2) is 5.13. The van der Waals surface area contributed by atoms with Gasteiger partial charge in [-0.05, 0) is 24.2 Å². The molecule has 25 heavy (non-hydrogen) atoms. The Hall–Kier alpha value is -1.75. The molecule has 0 aliphatic heterocycles. The Balaban J connectivity index is 2.39. The fraction of sp³-hybridized carbons (Fsp3) is 0.650. The summed E-state index contributed by atoms with van der Waals surface area (Å²) in [6, 6.07) is 0. The second-order valence-electron chi connectivity index (χ2n) is 8.96. The van der Waals surface area contributed by atoms with Gasteiger partial charge in [-0.15, -0.1) is 0 Å². The van der Waals surface area contributed by atoms with Crippen molar-refractivity contribution in [1.82, 2.24) is 0 Å². The molecule has 5 nitrogen and oxygen atoms in total. The average Bonchev–Trinajstić information content (AvgIpc) is 2.71. The predicted octanol–water partition coefficient (Wildman–Crippen LogP) is 2.68. The highest BCUT2D eigenvalue weighted by Crippen LogP contribution is 2.66. The number of hydrogen-bond acceptors (Lipinski definition) is 5. The number of rotatable bonds is 2. The van der Waals surface area contributed by atoms with Gasteiger partial charge in [-0.1, -0.05) is 41.0 Å². The summed E-state index contributed by atoms with van der Waals surface area (Å²) in [6.07, 6.45) is 2.67. The molecule has 0 aromatic rings. The van der Waals surface area contributed by atoms with Gasteiger partial charge in [0.15, 0.2) is 11.9 Å². The van der Waals surface area contributed by atoms with E-state index >= 15 is 0 Å². The molecule has 0 heterocycles. The molecule has 0 spiro atoms. The van der Waals surface area contributed by atoms with E-state index in [4.69, 9.17) is 0 Å². The van der Waals surface area contributed by atoms with Gasteiger partial charge in [0.05, 0.1) is 0 Å². The van der Waals surface area contributed by atoms with Gasteiger partial charge in [-0.3, -0.25) is 14.4 Å². The Morgan fingerprint density at radius 1 is 1.08 bits per heavy atom. The van der Waals surface area contributed by atoms with E-state index in [9.17, 15) is 24.6 Å². The SMILES string of the molecule is CC(C)C1=C(O)C2=C(C(=O)C1=O)[C@@]1(C)CCCC(C)(C)[C@@H]1[C@]2(O)C=O. The molecular formula is C20H26O5. The highest BCUT2D eigenvalue weighted by Gasteiger charge is 2.68. The maximum absolute atomic E-state index is 13.0. The predicted molar refractivity (Wildman–Crippen MR) is 91.8 cm³/mol. The summed E-state index contributed by atoms with van der Waals surface area (Å²) < 4.78 is 0. The summed E-state index contributed by atoms with van der Waals surface area (Å²) in [7, 11) is 0. The van der Waals surface area contributed by atoms with Crippen LogP contribution in [-0.2, 0) is 14.4 Å². The largest absolute Gasteiger partial charge is 0.507 e. The molecule has 0 unspecified atom stereocenters. The van der Waals surface area contributed by atoms with Gasteiger partial charge < -0.3 is 10.2 Å². The smallest absolute Gasteiger partial charge is 0.233 e. The van der Waals surface area contributed by atoms with Crippen molar-refractivity contribution in [1.29, 1.82) is 0 Å². The molecule has 0 aromatic heterocycles. The fourth-order valence-electron chi connectivity index (χ4n) is 5.86. The minimum Gasteiger partial charge on any atom is -0.507 e. The molecule has 136 valence electrons. The van der Waals surface area contributed by atoms with Crippen molar-refractivity contribution >= 4 is 17.9 Å². The molecule has 3 rings (SSSR count). The molecule has 0 radical (unpaired) electrons. The van der Waals surface area contributed by atoms with Crippen LogP contribution in [0.5, 0.6) is 0 Å². The van der Waals surface area contributed by atoms with Gasteiger partial charge in [-0.25, -0.2) is 0 Å². The van der Waals surface area contributed by atoms with Crippen LogP contribution in [-0.4, -0.2) is 33.7 Å². The molecular weight excluding hydrogens is 320 g/mol. The van der Waals surface area contributed by atoms with Crippen molar-refractivity contribution in [2.24, 2.45) is 22.7 Å². The molecule has 0 amide bonds. The molecule has 2 N–H and O–H groups in total. The van der Waals surface area contributed by atoms with E-state index in [1.165, 1.54) is 0 Å². The van der Waals surface area contributed by atoms with E-state index in [0.29, 0.717) is 12.7 Å². The van der Waals surface area contributed by atoms with Crippen LogP contribution in [0.15, 0.2) is 22.5 Å². The number of aliphatic hydroxyl groups excluding tert-OH is 1. The average molecular weight is 346 g/mol. The summed E-state index contributed by atoms with van der Waals surface area (Å²) in [5.74, 6) is -2.72. The molecule has 1 saturated carbocycles. The Labute approximate surface area is 147 Å². The Kier molecular flexibility index (Phi) is 3.71. The molecule has 3 aliphatic carbocycles. The number of carbonyl (C=O) groups is 3. The quantitative estimate of drug-likeness (QED) is 0.456. The normalized spacial score (nSPS) is 37.5. The minimum atomic E-state index is -1.96. The van der Waals surface area contributed by atoms with E-state index in [1.54, 1.807) is 13.8 Å². The first-order valence-corrected chi connectivity index (χ1v) is 8.90. The molecule has 0 bridgehead atoms. The van der Waals surface area contributed by atoms with Crippen LogP contribution in [0, 0.1) is 22.7 Å². The van der Waals surface area contributed by atoms with Gasteiger partial charge in [0, 0.05) is 28.1 Å². The van der Waals surface area contributed by atoms with Crippen LogP contribution >= 0.6 is 0 Å². The summed E-state index contributed by atoms with van der Waals surface area (Å²) in [5.41, 5.74) is -3.08. The van der Waals surface area contributed by atoms with Crippen molar-refractivity contribution in [3.8, 4) is 0 Å². The fourth-order valence-corrected chi connectivity index (χ4v) is 5.86. The first-order valence-electron chi connectivity index (χ1n) is 8.90. The molecule has 3 aliphatic rings. The second-order valence-corrected chi connectivity index (χ2v) is 8.96. The zero-order valence-electron chi connectivity index (χ0n) is 15.5. The van der Waals surface area contributed by atoms with Crippen molar-refractivity contribution in [3.05, 3.63) is 22.5 Å². The summed E-state index contributed by atoms with van der Waals surface area (Å²) in [6.45, 7) is 9.19. The number of fused-ring (bicyclic) bond motifs is 2. The van der Waals surface area contributed by atoms with Crippen LogP contribution in [0.25, 0.3) is 0 Å². The lowest BCUT2D eigenvalue weighted by Gasteiger charge is -2.51. The number of carbonyl (C=O) groups excluding carboxylic acids is 3. The van der Waals surface area contributed by atoms with Gasteiger partial charge in [0.25, 0.3) is 0 Å². The number of hydrogen-bond donors (Lipinski definition) is 2. The summed E-state index contributed by atoms with van der Waals surface area (Å²) in [4.78, 5) is 37.7. The third-order valence-corrected chi connectivity index (χ3v) is 6.52. The molecule has 3 atom stereocenters. The zero-order valence-corrected chi connectivity index (χ0v) is 15.5. The van der Waals surface area contributed by atoms with Crippen LogP contribution in [0.3, 0.4) is 0 Å². The molecule has 1 fully saturated rings. The summed E-state index contributed by atoms with van der Waals surface area (Å²) in [5, 5.41) is 22.2. The Morgan fingerprint density at radius 3 is 2.20 bits per heavy atom. The first-order chi connectivity index (χ1) is 11.4. The number of ketones is 2. The van der Waals surface area contributed by atoms with Crippen LogP contribution in [0.4, 0.5) is 0 Å². The van der Waals surface area contributed by atoms with Gasteiger partial charge in [0.2, 0.25) is 11.6 Å². The Bertz CT molecular complexity index is 754. The monoisotopic (exact) mass is 346 g/mol.